The number of nitrogens with one attached hydrogen (secondary N) is 1. The number of hydrogen-bond acceptors (Lipinski definition) is 3. The van der Waals surface area contributed by atoms with Crippen molar-refractivity contribution in [3.63, 3.8) is 0 Å². The van der Waals surface area contributed by atoms with Crippen molar-refractivity contribution in [3.8, 4) is 0 Å². The Bertz CT molecular complexity index is 887. The van der Waals surface area contributed by atoms with Crippen molar-refractivity contribution in [2.75, 3.05) is 13.1 Å². The maximum absolute atomic E-state index is 12.7. The largest absolute Gasteiger partial charge is 0.352 e. The second-order valence-corrected chi connectivity index (χ2v) is 9.12. The summed E-state index contributed by atoms with van der Waals surface area (Å²) in [6.45, 7) is 1.03. The SMILES string of the molecule is O=C(NCc1ccccc1Cl)C1CCCN(S(=O)(=O)Cc2ccccc2)C1. The molecule has 1 saturated heterocycles. The van der Waals surface area contributed by atoms with Gasteiger partial charge in [-0.1, -0.05) is 60.1 Å². The van der Waals surface area contributed by atoms with Gasteiger partial charge in [-0.05, 0) is 30.0 Å². The van der Waals surface area contributed by atoms with E-state index in [1.54, 1.807) is 18.2 Å². The van der Waals surface area contributed by atoms with E-state index >= 15 is 0 Å². The van der Waals surface area contributed by atoms with Crippen LogP contribution < -0.4 is 5.32 Å². The summed E-state index contributed by atoms with van der Waals surface area (Å²) in [5, 5.41) is 3.49. The number of carbonyl (C=O) groups is 1. The molecule has 2 aromatic rings. The van der Waals surface area contributed by atoms with Crippen LogP contribution in [0.1, 0.15) is 24.0 Å². The number of halogens is 1. The molecule has 1 fully saturated rings. The lowest BCUT2D eigenvalue weighted by atomic mass is 9.99. The Kier molecular flexibility index (Phi) is 6.52. The van der Waals surface area contributed by atoms with Crippen LogP contribution in [0.15, 0.2) is 54.6 Å². The summed E-state index contributed by atoms with van der Waals surface area (Å²) in [5.74, 6) is -0.511. The molecule has 3 rings (SSSR count). The standard InChI is InChI=1S/C20H23ClN2O3S/c21-19-11-5-4-9-17(19)13-22-20(24)18-10-6-12-23(14-18)27(25,26)15-16-7-2-1-3-8-16/h1-5,7-9,11,18H,6,10,12-15H2,(H,22,24). The van der Waals surface area contributed by atoms with E-state index < -0.39 is 10.0 Å². The van der Waals surface area contributed by atoms with Gasteiger partial charge in [-0.15, -0.1) is 0 Å². The first-order chi connectivity index (χ1) is 13.0. The summed E-state index contributed by atoms with van der Waals surface area (Å²) in [6, 6.07) is 16.5. The lowest BCUT2D eigenvalue weighted by molar-refractivity contribution is -0.126. The fraction of sp³-hybridized carbons (Fsp3) is 0.350. The predicted octanol–water partition coefficient (Wildman–Crippen LogP) is 3.20. The van der Waals surface area contributed by atoms with E-state index in [4.69, 9.17) is 11.6 Å². The minimum Gasteiger partial charge on any atom is -0.352 e. The molecule has 0 aromatic heterocycles. The monoisotopic (exact) mass is 406 g/mol. The van der Waals surface area contributed by atoms with E-state index in [1.807, 2.05) is 36.4 Å². The molecule has 1 atom stereocenters. The highest BCUT2D eigenvalue weighted by Crippen LogP contribution is 2.22. The maximum Gasteiger partial charge on any atom is 0.224 e. The Morgan fingerprint density at radius 3 is 2.56 bits per heavy atom. The second-order valence-electron chi connectivity index (χ2n) is 6.75. The van der Waals surface area contributed by atoms with Crippen molar-refractivity contribution >= 4 is 27.5 Å². The van der Waals surface area contributed by atoms with Gasteiger partial charge < -0.3 is 5.32 Å². The number of hydrogen-bond donors (Lipinski definition) is 1. The quantitative estimate of drug-likeness (QED) is 0.801. The van der Waals surface area contributed by atoms with E-state index in [2.05, 4.69) is 5.32 Å². The summed E-state index contributed by atoms with van der Waals surface area (Å²) in [4.78, 5) is 12.5. The molecule has 1 heterocycles. The average Bonchev–Trinajstić information content (AvgIpc) is 2.68. The third-order valence-electron chi connectivity index (χ3n) is 4.75. The van der Waals surface area contributed by atoms with Crippen LogP contribution >= 0.6 is 11.6 Å². The molecule has 1 aliphatic heterocycles. The lowest BCUT2D eigenvalue weighted by Crippen LogP contribution is -2.45. The van der Waals surface area contributed by atoms with E-state index in [-0.39, 0.29) is 24.1 Å². The molecule has 0 spiro atoms. The highest BCUT2D eigenvalue weighted by Gasteiger charge is 2.32. The molecule has 0 radical (unpaired) electrons. The summed E-state index contributed by atoms with van der Waals surface area (Å²) < 4.78 is 26.9. The molecule has 5 nitrogen and oxygen atoms in total. The normalized spacial score (nSPS) is 18.2. The zero-order chi connectivity index (χ0) is 19.3. The number of nitrogens with zero attached hydrogens (tertiary/aromatic N) is 1. The molecule has 0 aliphatic carbocycles. The molecule has 144 valence electrons. The first-order valence-corrected chi connectivity index (χ1v) is 11.0. The molecule has 1 amide bonds. The molecule has 0 bridgehead atoms. The van der Waals surface area contributed by atoms with Crippen molar-refractivity contribution in [1.82, 2.24) is 9.62 Å². The van der Waals surface area contributed by atoms with Crippen LogP contribution in [-0.4, -0.2) is 31.7 Å². The fourth-order valence-corrected chi connectivity index (χ4v) is 5.07. The van der Waals surface area contributed by atoms with Gasteiger partial charge in [-0.25, -0.2) is 12.7 Å². The average molecular weight is 407 g/mol. The first-order valence-electron chi connectivity index (χ1n) is 8.98. The number of sulfonamides is 1. The Labute approximate surface area is 165 Å². The van der Waals surface area contributed by atoms with Crippen molar-refractivity contribution in [1.29, 1.82) is 0 Å². The number of piperidine rings is 1. The Morgan fingerprint density at radius 2 is 1.81 bits per heavy atom. The van der Waals surface area contributed by atoms with Crippen molar-refractivity contribution in [2.45, 2.75) is 25.1 Å². The molecule has 1 N–H and O–H groups in total. The molecule has 27 heavy (non-hydrogen) atoms. The highest BCUT2D eigenvalue weighted by molar-refractivity contribution is 7.88. The molecule has 1 unspecified atom stereocenters. The van der Waals surface area contributed by atoms with Crippen molar-refractivity contribution in [3.05, 3.63) is 70.7 Å². The summed E-state index contributed by atoms with van der Waals surface area (Å²) in [7, 11) is -3.44. The zero-order valence-electron chi connectivity index (χ0n) is 15.0. The molecule has 1 aliphatic rings. The van der Waals surface area contributed by atoms with Crippen LogP contribution in [0.25, 0.3) is 0 Å². The number of amides is 1. The number of carbonyl (C=O) groups excluding carboxylic acids is 1. The van der Waals surface area contributed by atoms with Gasteiger partial charge in [0.05, 0.1) is 11.7 Å². The Hall–Kier alpha value is -1.89. The lowest BCUT2D eigenvalue weighted by Gasteiger charge is -2.31. The second kappa shape index (κ2) is 8.87. The number of benzene rings is 2. The summed E-state index contributed by atoms with van der Waals surface area (Å²) >= 11 is 6.11. The van der Waals surface area contributed by atoms with Gasteiger partial charge in [-0.2, -0.15) is 0 Å². The number of rotatable bonds is 6. The van der Waals surface area contributed by atoms with Gasteiger partial charge in [0.2, 0.25) is 15.9 Å². The van der Waals surface area contributed by atoms with E-state index in [0.717, 1.165) is 11.1 Å². The van der Waals surface area contributed by atoms with Gasteiger partial charge in [0.1, 0.15) is 0 Å². The first kappa shape index (κ1) is 19.9. The van der Waals surface area contributed by atoms with Crippen LogP contribution in [-0.2, 0) is 27.1 Å². The van der Waals surface area contributed by atoms with Crippen LogP contribution in [0.3, 0.4) is 0 Å². The molecule has 0 saturated carbocycles. The third-order valence-corrected chi connectivity index (χ3v) is 6.94. The van der Waals surface area contributed by atoms with Crippen molar-refractivity contribution in [2.24, 2.45) is 5.92 Å². The van der Waals surface area contributed by atoms with Gasteiger partial charge in [0, 0.05) is 24.7 Å². The van der Waals surface area contributed by atoms with Gasteiger partial charge in [-0.3, -0.25) is 4.79 Å². The summed E-state index contributed by atoms with van der Waals surface area (Å²) in [5.41, 5.74) is 1.60. The van der Waals surface area contributed by atoms with Crippen molar-refractivity contribution < 1.29 is 13.2 Å². The Balaban J connectivity index is 1.60. The topological polar surface area (TPSA) is 66.5 Å². The predicted molar refractivity (Wildman–Crippen MR) is 107 cm³/mol. The Morgan fingerprint density at radius 1 is 1.11 bits per heavy atom. The van der Waals surface area contributed by atoms with Crippen LogP contribution in [0.4, 0.5) is 0 Å². The molecule has 2 aromatic carbocycles. The van der Waals surface area contributed by atoms with Crippen LogP contribution in [0, 0.1) is 5.92 Å². The molecular formula is C20H23ClN2O3S. The highest BCUT2D eigenvalue weighted by atomic mass is 35.5. The van der Waals surface area contributed by atoms with E-state index in [0.29, 0.717) is 31.0 Å². The van der Waals surface area contributed by atoms with E-state index in [9.17, 15) is 13.2 Å². The minimum atomic E-state index is -3.44. The zero-order valence-corrected chi connectivity index (χ0v) is 16.5. The van der Waals surface area contributed by atoms with Gasteiger partial charge in [0.25, 0.3) is 0 Å². The summed E-state index contributed by atoms with van der Waals surface area (Å²) in [6.07, 6.45) is 1.36. The van der Waals surface area contributed by atoms with Gasteiger partial charge >= 0.3 is 0 Å². The fourth-order valence-electron chi connectivity index (χ4n) is 3.25. The smallest absolute Gasteiger partial charge is 0.224 e. The van der Waals surface area contributed by atoms with Crippen LogP contribution in [0.5, 0.6) is 0 Å². The van der Waals surface area contributed by atoms with Crippen LogP contribution in [0.2, 0.25) is 5.02 Å². The maximum atomic E-state index is 12.7. The van der Waals surface area contributed by atoms with E-state index in [1.165, 1.54) is 4.31 Å². The third kappa shape index (κ3) is 5.31. The van der Waals surface area contributed by atoms with Gasteiger partial charge in [0.15, 0.2) is 0 Å². The minimum absolute atomic E-state index is 0.0399. The molecule has 7 heteroatoms. The molecular weight excluding hydrogens is 384 g/mol.